The summed E-state index contributed by atoms with van der Waals surface area (Å²) in [7, 11) is 0. The van der Waals surface area contributed by atoms with E-state index in [-0.39, 0.29) is 0 Å². The normalized spacial score (nSPS) is 9.33. The molecular weight excluding hydrogens is 137 g/mol. The fraction of sp³-hybridized carbons (Fsp3) is 0.750. The molecule has 0 aromatic carbocycles. The fourth-order valence-corrected chi connectivity index (χ4v) is 0.841. The van der Waals surface area contributed by atoms with Crippen LogP contribution in [0.2, 0.25) is 10.9 Å². The van der Waals surface area contributed by atoms with E-state index in [1.165, 1.54) is 0 Å². The second-order valence-electron chi connectivity index (χ2n) is 0.948. The molecule has 1 nitrogen and oxygen atoms in total. The van der Waals surface area contributed by atoms with Crippen LogP contribution in [-0.4, -0.2) is 15.8 Å². The second kappa shape index (κ2) is 5.05. The van der Waals surface area contributed by atoms with Gasteiger partial charge >= 0.3 is 44.4 Å². The van der Waals surface area contributed by atoms with Crippen molar-refractivity contribution >= 4 is 15.8 Å². The van der Waals surface area contributed by atoms with E-state index in [1.54, 1.807) is 0 Å². The van der Waals surface area contributed by atoms with E-state index < -0.39 is 0 Å². The van der Waals surface area contributed by atoms with Crippen molar-refractivity contribution in [3.05, 3.63) is 0 Å². The van der Waals surface area contributed by atoms with E-state index in [0.29, 0.717) is 15.8 Å². The first-order valence-electron chi connectivity index (χ1n) is 1.84. The molecule has 1 radical (unpaired) electrons. The Kier molecular flexibility index (Phi) is 5.09. The Bertz CT molecular complexity index is 55.1. The third kappa shape index (κ3) is 4.05. The van der Waals surface area contributed by atoms with Gasteiger partial charge < -0.3 is 0 Å². The van der Waals surface area contributed by atoms with Gasteiger partial charge in [-0.2, -0.15) is 0 Å². The molecule has 0 saturated carbocycles. The monoisotopic (exact) mass is 144 g/mol. The molecule has 0 spiro atoms. The minimum absolute atomic E-state index is 0.490. The zero-order valence-electron chi connectivity index (χ0n) is 3.81. The molecule has 0 atom stereocenters. The van der Waals surface area contributed by atoms with Gasteiger partial charge in [0.1, 0.15) is 0 Å². The molecule has 33 valence electrons. The molecule has 0 saturated heterocycles. The maximum absolute atomic E-state index is 7.96. The van der Waals surface area contributed by atoms with Crippen LogP contribution in [0.5, 0.6) is 0 Å². The molecule has 0 heterocycles. The third-order valence-corrected chi connectivity index (χ3v) is 1.85. The van der Waals surface area contributed by atoms with E-state index >= 15 is 0 Å². The molecule has 6 heavy (non-hydrogen) atoms. The van der Waals surface area contributed by atoms with Crippen LogP contribution in [0.3, 0.4) is 0 Å². The molecule has 0 aliphatic rings. The van der Waals surface area contributed by atoms with Crippen molar-refractivity contribution in [3.63, 3.8) is 0 Å². The molecule has 0 bridgehead atoms. The molecule has 0 rings (SSSR count). The summed E-state index contributed by atoms with van der Waals surface area (Å²) in [4.78, 5) is 0. The molecular formula is C4H7AsN. The number of hydrogen-bond acceptors (Lipinski definition) is 1. The fourth-order valence-electron chi connectivity index (χ4n) is 0.162. The van der Waals surface area contributed by atoms with Gasteiger partial charge in [-0.15, -0.1) is 0 Å². The van der Waals surface area contributed by atoms with Crippen molar-refractivity contribution in [1.29, 1.82) is 5.26 Å². The van der Waals surface area contributed by atoms with Gasteiger partial charge in [-0.1, -0.05) is 0 Å². The Hall–Kier alpha value is 0.0484. The molecule has 0 aromatic rings. The number of nitrogens with zero attached hydrogens (tertiary/aromatic N) is 1. The molecule has 0 unspecified atom stereocenters. The predicted molar refractivity (Wildman–Crippen MR) is 26.7 cm³/mol. The summed E-state index contributed by atoms with van der Waals surface area (Å²) in [6, 6.07) is 2.09. The quantitative estimate of drug-likeness (QED) is 0.420. The van der Waals surface area contributed by atoms with Crippen LogP contribution in [0.25, 0.3) is 0 Å². The van der Waals surface area contributed by atoms with Gasteiger partial charge in [0.05, 0.1) is 0 Å². The van der Waals surface area contributed by atoms with Crippen molar-refractivity contribution in [1.82, 2.24) is 0 Å². The minimum atomic E-state index is 0.490. The topological polar surface area (TPSA) is 23.8 Å². The Morgan fingerprint density at radius 2 is 2.50 bits per heavy atom. The van der Waals surface area contributed by atoms with Crippen LogP contribution in [0.4, 0.5) is 0 Å². The molecule has 0 N–H and O–H groups in total. The van der Waals surface area contributed by atoms with Crippen molar-refractivity contribution in [3.8, 4) is 6.07 Å². The zero-order chi connectivity index (χ0) is 4.83. The standard InChI is InChI=1S/C4H7AsN/c1-5-3-2-4-6/h2-3H2,1H3. The molecule has 0 amide bonds. The zero-order valence-corrected chi connectivity index (χ0v) is 5.69. The average Bonchev–Trinajstić information content (AvgIpc) is 1.61. The van der Waals surface area contributed by atoms with Crippen LogP contribution in [-0.2, 0) is 0 Å². The van der Waals surface area contributed by atoms with E-state index in [0.717, 1.165) is 11.6 Å². The van der Waals surface area contributed by atoms with Crippen LogP contribution in [0.15, 0.2) is 0 Å². The first-order chi connectivity index (χ1) is 2.91. The summed E-state index contributed by atoms with van der Waals surface area (Å²) >= 11 is 0.490. The predicted octanol–water partition coefficient (Wildman–Crippen LogP) is 1.07. The summed E-state index contributed by atoms with van der Waals surface area (Å²) in [5.41, 5.74) is 2.17. The van der Waals surface area contributed by atoms with Crippen LogP contribution in [0.1, 0.15) is 6.42 Å². The molecule has 0 aliphatic carbocycles. The summed E-state index contributed by atoms with van der Waals surface area (Å²) in [5, 5.41) is 9.11. The summed E-state index contributed by atoms with van der Waals surface area (Å²) < 4.78 is 0. The molecule has 0 aliphatic heterocycles. The Morgan fingerprint density at radius 3 is 2.67 bits per heavy atom. The van der Waals surface area contributed by atoms with Gasteiger partial charge in [-0.05, 0) is 0 Å². The van der Waals surface area contributed by atoms with Crippen molar-refractivity contribution in [2.45, 2.75) is 17.3 Å². The van der Waals surface area contributed by atoms with E-state index in [2.05, 4.69) is 11.8 Å². The van der Waals surface area contributed by atoms with E-state index in [1.807, 2.05) is 0 Å². The first kappa shape index (κ1) is 6.05. The van der Waals surface area contributed by atoms with Gasteiger partial charge in [-0.25, -0.2) is 0 Å². The Morgan fingerprint density at radius 1 is 1.83 bits per heavy atom. The SMILES string of the molecule is C[As]CCC#N. The van der Waals surface area contributed by atoms with Gasteiger partial charge in [0.15, 0.2) is 0 Å². The Balaban J connectivity index is 2.54. The van der Waals surface area contributed by atoms with Crippen molar-refractivity contribution < 1.29 is 0 Å². The summed E-state index contributed by atoms with van der Waals surface area (Å²) in [6.07, 6.45) is 0.760. The molecule has 0 aromatic heterocycles. The molecule has 0 fully saturated rings. The summed E-state index contributed by atoms with van der Waals surface area (Å²) in [6.45, 7) is 0. The number of hydrogen-bond donors (Lipinski definition) is 0. The van der Waals surface area contributed by atoms with Gasteiger partial charge in [0, 0.05) is 0 Å². The first-order valence-corrected chi connectivity index (χ1v) is 5.04. The van der Waals surface area contributed by atoms with Gasteiger partial charge in [0.2, 0.25) is 0 Å². The number of nitriles is 1. The Labute approximate surface area is 45.0 Å². The van der Waals surface area contributed by atoms with E-state index in [4.69, 9.17) is 5.26 Å². The van der Waals surface area contributed by atoms with Crippen LogP contribution >= 0.6 is 0 Å². The maximum atomic E-state index is 7.96. The summed E-state index contributed by atoms with van der Waals surface area (Å²) in [5.74, 6) is 0. The average molecular weight is 144 g/mol. The second-order valence-corrected chi connectivity index (χ2v) is 3.21. The van der Waals surface area contributed by atoms with Gasteiger partial charge in [0.25, 0.3) is 0 Å². The molecule has 2 heteroatoms. The van der Waals surface area contributed by atoms with Crippen molar-refractivity contribution in [2.75, 3.05) is 0 Å². The van der Waals surface area contributed by atoms with Gasteiger partial charge in [-0.3, -0.25) is 0 Å². The van der Waals surface area contributed by atoms with E-state index in [9.17, 15) is 0 Å². The van der Waals surface area contributed by atoms with Crippen molar-refractivity contribution in [2.24, 2.45) is 0 Å². The third-order valence-electron chi connectivity index (χ3n) is 0.447. The van der Waals surface area contributed by atoms with Crippen LogP contribution < -0.4 is 0 Å². The number of rotatable bonds is 2. The van der Waals surface area contributed by atoms with Crippen LogP contribution in [0, 0.1) is 11.3 Å².